The predicted molar refractivity (Wildman–Crippen MR) is 105 cm³/mol. The third-order valence-electron chi connectivity index (χ3n) is 4.86. The molecule has 1 aliphatic rings. The van der Waals surface area contributed by atoms with Gasteiger partial charge in [0.1, 0.15) is 11.5 Å². The fourth-order valence-corrected chi connectivity index (χ4v) is 4.17. The fourth-order valence-electron chi connectivity index (χ4n) is 3.52. The van der Waals surface area contributed by atoms with Gasteiger partial charge in [-0.05, 0) is 30.5 Å². The molecular weight excluding hydrogens is 360 g/mol. The molecule has 0 aliphatic carbocycles. The van der Waals surface area contributed by atoms with Crippen molar-refractivity contribution in [1.82, 2.24) is 24.4 Å². The molecule has 1 amide bonds. The monoisotopic (exact) mass is 382 g/mol. The summed E-state index contributed by atoms with van der Waals surface area (Å²) < 4.78 is 2.18. The van der Waals surface area contributed by atoms with Gasteiger partial charge in [0.25, 0.3) is 5.91 Å². The Morgan fingerprint density at radius 1 is 1.33 bits per heavy atom. The minimum Gasteiger partial charge on any atom is -0.365 e. The Labute approximate surface area is 162 Å². The van der Waals surface area contributed by atoms with Gasteiger partial charge < -0.3 is 14.8 Å². The molecule has 1 N–H and O–H groups in total. The van der Waals surface area contributed by atoms with Crippen LogP contribution in [0.3, 0.4) is 0 Å². The molecule has 4 rings (SSSR count). The van der Waals surface area contributed by atoms with Gasteiger partial charge in [0.15, 0.2) is 5.13 Å². The lowest BCUT2D eigenvalue weighted by molar-refractivity contribution is 0.0698. The minimum atomic E-state index is 0.00434. The van der Waals surface area contributed by atoms with Crippen LogP contribution < -0.4 is 5.32 Å². The van der Waals surface area contributed by atoms with E-state index in [2.05, 4.69) is 24.8 Å². The number of piperidine rings is 1. The number of pyridine rings is 1. The van der Waals surface area contributed by atoms with E-state index in [1.165, 1.54) is 16.9 Å². The molecule has 0 radical (unpaired) electrons. The number of carbonyl (C=O) groups excluding carboxylic acids is 1. The molecule has 140 valence electrons. The number of hydrogen-bond acceptors (Lipinski definition) is 6. The van der Waals surface area contributed by atoms with Crippen molar-refractivity contribution in [3.63, 3.8) is 0 Å². The molecule has 8 heteroatoms. The van der Waals surface area contributed by atoms with E-state index in [1.807, 2.05) is 41.9 Å². The van der Waals surface area contributed by atoms with Gasteiger partial charge in [0, 0.05) is 62.8 Å². The van der Waals surface area contributed by atoms with Crippen LogP contribution in [-0.2, 0) is 6.54 Å². The maximum absolute atomic E-state index is 12.8. The number of likely N-dealkylation sites (tertiary alicyclic amines) is 1. The molecule has 1 saturated heterocycles. The van der Waals surface area contributed by atoms with E-state index >= 15 is 0 Å². The Hall–Kier alpha value is -2.74. The lowest BCUT2D eigenvalue weighted by atomic mass is 9.96. The smallest absolute Gasteiger partial charge is 0.273 e. The van der Waals surface area contributed by atoms with Crippen LogP contribution in [0, 0.1) is 0 Å². The molecule has 0 aromatic carbocycles. The highest BCUT2D eigenvalue weighted by Gasteiger charge is 2.29. The highest BCUT2D eigenvalue weighted by Crippen LogP contribution is 2.28. The van der Waals surface area contributed by atoms with Crippen molar-refractivity contribution < 1.29 is 4.79 Å². The summed E-state index contributed by atoms with van der Waals surface area (Å²) >= 11 is 1.45. The number of nitrogens with one attached hydrogen (secondary N) is 1. The van der Waals surface area contributed by atoms with E-state index < -0.39 is 0 Å². The second kappa shape index (κ2) is 7.87. The third kappa shape index (κ3) is 3.85. The van der Waals surface area contributed by atoms with Crippen LogP contribution in [0.1, 0.15) is 40.6 Å². The average molecular weight is 382 g/mol. The van der Waals surface area contributed by atoms with Gasteiger partial charge in [-0.2, -0.15) is 0 Å². The SMILES string of the molecule is CNc1nc(C(=O)N2CCC[C@@H](c3nccn3Cc3ccncc3)C2)cs1. The fraction of sp³-hybridized carbons (Fsp3) is 0.368. The molecule has 1 aliphatic heterocycles. The summed E-state index contributed by atoms with van der Waals surface area (Å²) in [6, 6.07) is 4.03. The Bertz CT molecular complexity index is 906. The molecule has 1 atom stereocenters. The zero-order chi connectivity index (χ0) is 18.6. The maximum Gasteiger partial charge on any atom is 0.273 e. The summed E-state index contributed by atoms with van der Waals surface area (Å²) in [5.41, 5.74) is 1.71. The van der Waals surface area contributed by atoms with Crippen LogP contribution in [0.5, 0.6) is 0 Å². The quantitative estimate of drug-likeness (QED) is 0.734. The Morgan fingerprint density at radius 3 is 2.96 bits per heavy atom. The highest BCUT2D eigenvalue weighted by atomic mass is 32.1. The molecule has 3 aromatic rings. The van der Waals surface area contributed by atoms with E-state index in [4.69, 9.17) is 0 Å². The number of hydrogen-bond donors (Lipinski definition) is 1. The zero-order valence-electron chi connectivity index (χ0n) is 15.2. The van der Waals surface area contributed by atoms with Crippen molar-refractivity contribution in [2.75, 3.05) is 25.5 Å². The number of rotatable bonds is 5. The number of imidazole rings is 1. The van der Waals surface area contributed by atoms with Crippen LogP contribution in [-0.4, -0.2) is 50.5 Å². The molecule has 27 heavy (non-hydrogen) atoms. The second-order valence-corrected chi connectivity index (χ2v) is 7.51. The van der Waals surface area contributed by atoms with E-state index in [0.717, 1.165) is 36.9 Å². The normalized spacial score (nSPS) is 17.1. The molecule has 0 saturated carbocycles. The summed E-state index contributed by atoms with van der Waals surface area (Å²) in [6.07, 6.45) is 9.48. The van der Waals surface area contributed by atoms with Gasteiger partial charge in [0.05, 0.1) is 0 Å². The van der Waals surface area contributed by atoms with Gasteiger partial charge in [-0.3, -0.25) is 9.78 Å². The van der Waals surface area contributed by atoms with Gasteiger partial charge >= 0.3 is 0 Å². The van der Waals surface area contributed by atoms with Gasteiger partial charge in [0.2, 0.25) is 0 Å². The van der Waals surface area contributed by atoms with Crippen molar-refractivity contribution in [1.29, 1.82) is 0 Å². The Morgan fingerprint density at radius 2 is 2.19 bits per heavy atom. The van der Waals surface area contributed by atoms with Crippen LogP contribution >= 0.6 is 11.3 Å². The summed E-state index contributed by atoms with van der Waals surface area (Å²) in [6.45, 7) is 2.21. The van der Waals surface area contributed by atoms with Crippen LogP contribution in [0.4, 0.5) is 5.13 Å². The van der Waals surface area contributed by atoms with Gasteiger partial charge in [-0.1, -0.05) is 0 Å². The van der Waals surface area contributed by atoms with Gasteiger partial charge in [-0.25, -0.2) is 9.97 Å². The highest BCUT2D eigenvalue weighted by molar-refractivity contribution is 7.13. The summed E-state index contributed by atoms with van der Waals surface area (Å²) in [4.78, 5) is 27.8. The van der Waals surface area contributed by atoms with Crippen LogP contribution in [0.25, 0.3) is 0 Å². The molecule has 0 bridgehead atoms. The number of carbonyl (C=O) groups is 1. The minimum absolute atomic E-state index is 0.00434. The Kier molecular flexibility index (Phi) is 5.15. The van der Waals surface area contributed by atoms with E-state index in [0.29, 0.717) is 12.2 Å². The number of thiazole rings is 1. The van der Waals surface area contributed by atoms with Crippen molar-refractivity contribution in [2.24, 2.45) is 0 Å². The van der Waals surface area contributed by atoms with Crippen LogP contribution in [0.15, 0.2) is 42.3 Å². The number of nitrogens with zero attached hydrogens (tertiary/aromatic N) is 5. The van der Waals surface area contributed by atoms with Crippen molar-refractivity contribution in [2.45, 2.75) is 25.3 Å². The van der Waals surface area contributed by atoms with Crippen molar-refractivity contribution >= 4 is 22.4 Å². The standard InChI is InChI=1S/C19H22N6OS/c1-20-19-23-16(13-27-19)18(26)25-9-2-3-15(12-25)17-22-8-10-24(17)11-14-4-6-21-7-5-14/h4-8,10,13,15H,2-3,9,11-12H2,1H3,(H,20,23)/t15-/m1/s1. The molecular formula is C19H22N6OS. The predicted octanol–water partition coefficient (Wildman–Crippen LogP) is 2.84. The molecule has 1 fully saturated rings. The number of amides is 1. The van der Waals surface area contributed by atoms with Crippen molar-refractivity contribution in [3.8, 4) is 0 Å². The first-order chi connectivity index (χ1) is 13.2. The van der Waals surface area contributed by atoms with E-state index in [1.54, 1.807) is 12.4 Å². The zero-order valence-corrected chi connectivity index (χ0v) is 16.0. The maximum atomic E-state index is 12.8. The first-order valence-electron chi connectivity index (χ1n) is 9.07. The number of anilines is 1. The lowest BCUT2D eigenvalue weighted by Crippen LogP contribution is -2.40. The van der Waals surface area contributed by atoms with E-state index in [-0.39, 0.29) is 11.8 Å². The van der Waals surface area contributed by atoms with Crippen LogP contribution in [0.2, 0.25) is 0 Å². The molecule has 4 heterocycles. The first kappa shape index (κ1) is 17.7. The van der Waals surface area contributed by atoms with Gasteiger partial charge in [-0.15, -0.1) is 11.3 Å². The lowest BCUT2D eigenvalue weighted by Gasteiger charge is -2.32. The molecule has 0 unspecified atom stereocenters. The van der Waals surface area contributed by atoms with E-state index in [9.17, 15) is 4.79 Å². The molecule has 0 spiro atoms. The van der Waals surface area contributed by atoms with Crippen molar-refractivity contribution in [3.05, 3.63) is 59.4 Å². The second-order valence-electron chi connectivity index (χ2n) is 6.65. The topological polar surface area (TPSA) is 75.9 Å². The number of aromatic nitrogens is 4. The summed E-state index contributed by atoms with van der Waals surface area (Å²) in [5, 5.41) is 5.57. The Balaban J connectivity index is 1.49. The third-order valence-corrected chi connectivity index (χ3v) is 5.72. The first-order valence-corrected chi connectivity index (χ1v) is 9.95. The summed E-state index contributed by atoms with van der Waals surface area (Å²) in [5.74, 6) is 1.28. The molecule has 7 nitrogen and oxygen atoms in total. The largest absolute Gasteiger partial charge is 0.365 e. The summed E-state index contributed by atoms with van der Waals surface area (Å²) in [7, 11) is 1.81. The average Bonchev–Trinajstić information content (AvgIpc) is 3.38. The molecule has 3 aromatic heterocycles.